The summed E-state index contributed by atoms with van der Waals surface area (Å²) in [6.07, 6.45) is 9.50. The van der Waals surface area contributed by atoms with Crippen molar-refractivity contribution < 1.29 is 4.79 Å². The van der Waals surface area contributed by atoms with Gasteiger partial charge >= 0.3 is 0 Å². The molecule has 0 aliphatic heterocycles. The number of fused-ring (bicyclic) bond motifs is 3. The number of carbonyl (C=O) groups is 1. The van der Waals surface area contributed by atoms with Gasteiger partial charge < -0.3 is 0 Å². The van der Waals surface area contributed by atoms with Crippen molar-refractivity contribution in [1.82, 2.24) is 0 Å². The topological polar surface area (TPSA) is 17.1 Å². The minimum absolute atomic E-state index is 0.138. The molecule has 2 aromatic carbocycles. The smallest absolute Gasteiger partial charge is 0.194 e. The highest BCUT2D eigenvalue weighted by molar-refractivity contribution is 6.13. The van der Waals surface area contributed by atoms with Crippen molar-refractivity contribution in [2.24, 2.45) is 0 Å². The predicted octanol–water partition coefficient (Wildman–Crippen LogP) is 2.26. The molecule has 0 unspecified atom stereocenters. The van der Waals surface area contributed by atoms with Crippen LogP contribution < -0.4 is 10.4 Å². The molecule has 90 valence electrons. The third-order valence-corrected chi connectivity index (χ3v) is 3.79. The van der Waals surface area contributed by atoms with Crippen molar-refractivity contribution in [2.45, 2.75) is 6.42 Å². The van der Waals surface area contributed by atoms with Crippen LogP contribution in [0.1, 0.15) is 33.5 Å². The Kier molecular flexibility index (Phi) is 2.10. The monoisotopic (exact) mass is 244 g/mol. The van der Waals surface area contributed by atoms with Crippen molar-refractivity contribution in [3.63, 3.8) is 0 Å². The summed E-state index contributed by atoms with van der Waals surface area (Å²) in [6, 6.07) is 11.9. The lowest BCUT2D eigenvalue weighted by molar-refractivity contribution is 0.103. The lowest BCUT2D eigenvalue weighted by Gasteiger charge is -2.13. The van der Waals surface area contributed by atoms with Gasteiger partial charge in [-0.05, 0) is 46.2 Å². The van der Waals surface area contributed by atoms with E-state index in [1.54, 1.807) is 0 Å². The molecule has 0 spiro atoms. The Morgan fingerprint density at radius 1 is 0.895 bits per heavy atom. The van der Waals surface area contributed by atoms with Gasteiger partial charge in [-0.25, -0.2) is 0 Å². The average Bonchev–Trinajstić information content (AvgIpc) is 2.46. The largest absolute Gasteiger partial charge is 0.289 e. The molecule has 0 saturated heterocycles. The molecule has 0 aromatic heterocycles. The zero-order valence-electron chi connectivity index (χ0n) is 10.4. The molecule has 1 heteroatoms. The molecule has 4 rings (SSSR count). The van der Waals surface area contributed by atoms with Gasteiger partial charge in [-0.2, -0.15) is 0 Å². The zero-order valence-corrected chi connectivity index (χ0v) is 10.4. The third-order valence-electron chi connectivity index (χ3n) is 3.79. The van der Waals surface area contributed by atoms with Crippen LogP contribution >= 0.6 is 0 Å². The summed E-state index contributed by atoms with van der Waals surface area (Å²) in [5, 5.41) is 2.20. The van der Waals surface area contributed by atoms with Crippen LogP contribution in [0.5, 0.6) is 0 Å². The third kappa shape index (κ3) is 1.52. The molecule has 0 fully saturated rings. The van der Waals surface area contributed by atoms with Crippen molar-refractivity contribution in [2.75, 3.05) is 0 Å². The van der Waals surface area contributed by atoms with Gasteiger partial charge in [-0.3, -0.25) is 4.79 Å². The van der Waals surface area contributed by atoms with E-state index in [0.717, 1.165) is 28.3 Å². The van der Waals surface area contributed by atoms with Gasteiger partial charge in [0.15, 0.2) is 5.78 Å². The summed E-state index contributed by atoms with van der Waals surface area (Å²) >= 11 is 0. The summed E-state index contributed by atoms with van der Waals surface area (Å²) in [4.78, 5) is 12.5. The minimum Gasteiger partial charge on any atom is -0.289 e. The first-order valence-electron chi connectivity index (χ1n) is 6.49. The highest BCUT2D eigenvalue weighted by atomic mass is 16.1. The SMILES string of the molecule is O=C1c2ccccc2C=c2cc3c(cc21)=CCC=C3. The van der Waals surface area contributed by atoms with E-state index in [9.17, 15) is 4.79 Å². The fourth-order valence-electron chi connectivity index (χ4n) is 2.82. The van der Waals surface area contributed by atoms with Crippen LogP contribution in [0.25, 0.3) is 18.2 Å². The first kappa shape index (κ1) is 10.5. The molecule has 0 heterocycles. The molecule has 0 saturated carbocycles. The highest BCUT2D eigenvalue weighted by Gasteiger charge is 2.18. The van der Waals surface area contributed by atoms with Crippen LogP contribution in [-0.4, -0.2) is 5.78 Å². The number of hydrogen-bond donors (Lipinski definition) is 0. The van der Waals surface area contributed by atoms with Gasteiger partial charge in [0, 0.05) is 11.1 Å². The van der Waals surface area contributed by atoms with E-state index in [1.807, 2.05) is 30.3 Å². The number of rotatable bonds is 0. The second kappa shape index (κ2) is 3.79. The molecular formula is C18H12O. The highest BCUT2D eigenvalue weighted by Crippen LogP contribution is 2.17. The fourth-order valence-corrected chi connectivity index (χ4v) is 2.82. The van der Waals surface area contributed by atoms with Crippen LogP contribution in [0.4, 0.5) is 0 Å². The van der Waals surface area contributed by atoms with E-state index in [-0.39, 0.29) is 5.78 Å². The van der Waals surface area contributed by atoms with Crippen LogP contribution in [0.2, 0.25) is 0 Å². The first-order valence-corrected chi connectivity index (χ1v) is 6.49. The van der Waals surface area contributed by atoms with E-state index in [4.69, 9.17) is 0 Å². The Hall–Kier alpha value is -2.41. The lowest BCUT2D eigenvalue weighted by atomic mass is 9.89. The van der Waals surface area contributed by atoms with Crippen molar-refractivity contribution in [3.8, 4) is 0 Å². The van der Waals surface area contributed by atoms with Gasteiger partial charge in [0.25, 0.3) is 0 Å². The van der Waals surface area contributed by atoms with E-state index in [2.05, 4.69) is 30.4 Å². The van der Waals surface area contributed by atoms with Gasteiger partial charge in [0.1, 0.15) is 0 Å². The normalized spacial score (nSPS) is 14.8. The molecule has 0 bridgehead atoms. The summed E-state index contributed by atoms with van der Waals surface area (Å²) in [6.45, 7) is 0. The number of ketones is 1. The van der Waals surface area contributed by atoms with E-state index < -0.39 is 0 Å². The molecule has 2 aromatic rings. The quantitative estimate of drug-likeness (QED) is 0.593. The number of carbonyl (C=O) groups excluding carboxylic acids is 1. The van der Waals surface area contributed by atoms with E-state index in [1.165, 1.54) is 10.8 Å². The van der Waals surface area contributed by atoms with Gasteiger partial charge in [0.05, 0.1) is 0 Å². The molecule has 0 amide bonds. The molecule has 1 nitrogen and oxygen atoms in total. The zero-order chi connectivity index (χ0) is 12.8. The summed E-state index contributed by atoms with van der Waals surface area (Å²) in [7, 11) is 0. The molecule has 19 heavy (non-hydrogen) atoms. The molecule has 2 aliphatic rings. The second-order valence-corrected chi connectivity index (χ2v) is 4.97. The number of allylic oxidation sites excluding steroid dienone is 1. The van der Waals surface area contributed by atoms with Crippen LogP contribution in [-0.2, 0) is 0 Å². The van der Waals surface area contributed by atoms with Gasteiger partial charge in [-0.1, -0.05) is 42.5 Å². The summed E-state index contributed by atoms with van der Waals surface area (Å²) < 4.78 is 0. The van der Waals surface area contributed by atoms with Crippen LogP contribution in [0.15, 0.2) is 42.5 Å². The molecule has 2 aliphatic carbocycles. The average molecular weight is 244 g/mol. The Morgan fingerprint density at radius 2 is 1.79 bits per heavy atom. The summed E-state index contributed by atoms with van der Waals surface area (Å²) in [5.74, 6) is 0.138. The second-order valence-electron chi connectivity index (χ2n) is 4.97. The Labute approximate surface area is 111 Å². The Morgan fingerprint density at radius 3 is 2.74 bits per heavy atom. The maximum atomic E-state index is 12.5. The van der Waals surface area contributed by atoms with Crippen LogP contribution in [0.3, 0.4) is 0 Å². The molecule has 0 atom stereocenters. The molecule has 0 N–H and O–H groups in total. The van der Waals surface area contributed by atoms with E-state index >= 15 is 0 Å². The number of benzene rings is 2. The Balaban J connectivity index is 2.10. The first-order chi connectivity index (χ1) is 9.33. The van der Waals surface area contributed by atoms with Crippen LogP contribution in [0, 0.1) is 0 Å². The van der Waals surface area contributed by atoms with Crippen molar-refractivity contribution in [1.29, 1.82) is 0 Å². The molecule has 0 radical (unpaired) electrons. The van der Waals surface area contributed by atoms with Gasteiger partial charge in [0.2, 0.25) is 0 Å². The maximum Gasteiger partial charge on any atom is 0.194 e. The fraction of sp³-hybridized carbons (Fsp3) is 0.0556. The van der Waals surface area contributed by atoms with Crippen molar-refractivity contribution in [3.05, 3.63) is 75.2 Å². The number of hydrogen-bond acceptors (Lipinski definition) is 1. The van der Waals surface area contributed by atoms with Crippen molar-refractivity contribution >= 4 is 24.0 Å². The lowest BCUT2D eigenvalue weighted by Crippen LogP contribution is -2.26. The maximum absolute atomic E-state index is 12.5. The standard InChI is InChI=1S/C18H12O/c19-18-16-8-4-3-7-14(16)10-15-9-12-5-1-2-6-13(12)11-17(15)18/h1,3-11H,2H2. The minimum atomic E-state index is 0.138. The van der Waals surface area contributed by atoms with E-state index in [0.29, 0.717) is 0 Å². The van der Waals surface area contributed by atoms with Gasteiger partial charge in [-0.15, -0.1) is 0 Å². The molecular weight excluding hydrogens is 232 g/mol. The summed E-state index contributed by atoms with van der Waals surface area (Å²) in [5.41, 5.74) is 3.85. The predicted molar refractivity (Wildman–Crippen MR) is 77.2 cm³/mol. The Bertz CT molecular complexity index is 854.